The van der Waals surface area contributed by atoms with Gasteiger partial charge in [-0.3, -0.25) is 0 Å². The minimum Gasteiger partial charge on any atom is -0.493 e. The molecule has 0 fully saturated rings. The zero-order valence-electron chi connectivity index (χ0n) is 12.2. The molecule has 0 amide bonds. The zero-order valence-corrected chi connectivity index (χ0v) is 13.0. The minimum absolute atomic E-state index is 0.222. The van der Waals surface area contributed by atoms with E-state index in [2.05, 4.69) is 35.1 Å². The van der Waals surface area contributed by atoms with Crippen LogP contribution in [0.5, 0.6) is 11.5 Å². The Kier molecular flexibility index (Phi) is 5.44. The van der Waals surface area contributed by atoms with E-state index in [-0.39, 0.29) is 6.04 Å². The third-order valence-corrected chi connectivity index (χ3v) is 4.01. The topological polar surface area (TPSA) is 30.5 Å². The van der Waals surface area contributed by atoms with E-state index in [4.69, 9.17) is 9.47 Å². The molecule has 1 aromatic heterocycles. The van der Waals surface area contributed by atoms with Crippen LogP contribution in [0.2, 0.25) is 0 Å². The molecule has 0 spiro atoms. The predicted octanol–water partition coefficient (Wildman–Crippen LogP) is 3.66. The lowest BCUT2D eigenvalue weighted by molar-refractivity contribution is 0.346. The summed E-state index contributed by atoms with van der Waals surface area (Å²) in [6, 6.07) is 8.42. The second-order valence-corrected chi connectivity index (χ2v) is 5.31. The first kappa shape index (κ1) is 14.9. The molecule has 0 saturated carbocycles. The lowest BCUT2D eigenvalue weighted by atomic mass is 9.99. The van der Waals surface area contributed by atoms with E-state index in [1.807, 2.05) is 12.1 Å². The largest absolute Gasteiger partial charge is 0.493 e. The van der Waals surface area contributed by atoms with Gasteiger partial charge in [0.2, 0.25) is 0 Å². The van der Waals surface area contributed by atoms with Crippen molar-refractivity contribution in [2.24, 2.45) is 0 Å². The highest BCUT2D eigenvalue weighted by Gasteiger charge is 2.18. The molecule has 1 atom stereocenters. The number of methoxy groups -OCH3 is 2. The van der Waals surface area contributed by atoms with Gasteiger partial charge in [0.05, 0.1) is 14.2 Å². The third kappa shape index (κ3) is 3.32. The molecule has 1 unspecified atom stereocenters. The van der Waals surface area contributed by atoms with Gasteiger partial charge < -0.3 is 14.8 Å². The Bertz CT molecular complexity index is 525. The molecule has 20 heavy (non-hydrogen) atoms. The normalized spacial score (nSPS) is 12.2. The Morgan fingerprint density at radius 2 is 2.05 bits per heavy atom. The Labute approximate surface area is 124 Å². The van der Waals surface area contributed by atoms with E-state index in [0.29, 0.717) is 0 Å². The molecule has 1 N–H and O–H groups in total. The summed E-state index contributed by atoms with van der Waals surface area (Å²) in [4.78, 5) is 0. The fraction of sp³-hybridized carbons (Fsp3) is 0.375. The van der Waals surface area contributed by atoms with Crippen molar-refractivity contribution < 1.29 is 9.47 Å². The van der Waals surface area contributed by atoms with Gasteiger partial charge in [-0.2, -0.15) is 11.3 Å². The maximum Gasteiger partial charge on any atom is 0.165 e. The van der Waals surface area contributed by atoms with Crippen LogP contribution in [-0.4, -0.2) is 20.8 Å². The minimum atomic E-state index is 0.222. The highest BCUT2D eigenvalue weighted by Crippen LogP contribution is 2.35. The van der Waals surface area contributed by atoms with Gasteiger partial charge in [-0.1, -0.05) is 19.1 Å². The molecule has 4 heteroatoms. The summed E-state index contributed by atoms with van der Waals surface area (Å²) in [5.74, 6) is 1.59. The Morgan fingerprint density at radius 1 is 1.20 bits per heavy atom. The van der Waals surface area contributed by atoms with Gasteiger partial charge >= 0.3 is 0 Å². The predicted molar refractivity (Wildman–Crippen MR) is 84.0 cm³/mol. The standard InChI is InChI=1S/C16H21NO2S/c1-4-17-14(10-12-8-9-20-11-12)13-6-5-7-15(18-2)16(13)19-3/h5-9,11,14,17H,4,10H2,1-3H3. The number of para-hydroxylation sites is 1. The maximum atomic E-state index is 5.55. The number of rotatable bonds is 7. The second kappa shape index (κ2) is 7.31. The van der Waals surface area contributed by atoms with Crippen molar-refractivity contribution in [3.63, 3.8) is 0 Å². The summed E-state index contributed by atoms with van der Waals surface area (Å²) in [5, 5.41) is 7.84. The molecular formula is C16H21NO2S. The van der Waals surface area contributed by atoms with E-state index in [1.54, 1.807) is 25.6 Å². The van der Waals surface area contributed by atoms with Gasteiger partial charge in [-0.15, -0.1) is 0 Å². The Balaban J connectivity index is 2.33. The molecule has 0 radical (unpaired) electrons. The fourth-order valence-corrected chi connectivity index (χ4v) is 3.05. The van der Waals surface area contributed by atoms with Crippen molar-refractivity contribution >= 4 is 11.3 Å². The maximum absolute atomic E-state index is 5.55. The van der Waals surface area contributed by atoms with Gasteiger partial charge in [-0.05, 0) is 41.4 Å². The first-order chi connectivity index (χ1) is 9.80. The number of nitrogens with one attached hydrogen (secondary N) is 1. The zero-order chi connectivity index (χ0) is 14.4. The van der Waals surface area contributed by atoms with Crippen LogP contribution < -0.4 is 14.8 Å². The molecule has 0 bridgehead atoms. The third-order valence-electron chi connectivity index (χ3n) is 3.28. The van der Waals surface area contributed by atoms with Crippen LogP contribution >= 0.6 is 11.3 Å². The van der Waals surface area contributed by atoms with E-state index >= 15 is 0 Å². The quantitative estimate of drug-likeness (QED) is 0.844. The highest BCUT2D eigenvalue weighted by molar-refractivity contribution is 7.07. The van der Waals surface area contributed by atoms with Crippen molar-refractivity contribution in [1.29, 1.82) is 0 Å². The number of likely N-dealkylation sites (N-methyl/N-ethyl adjacent to an activating group) is 1. The van der Waals surface area contributed by atoms with Gasteiger partial charge in [0, 0.05) is 11.6 Å². The lowest BCUT2D eigenvalue weighted by Crippen LogP contribution is -2.23. The van der Waals surface area contributed by atoms with Crippen LogP contribution in [0.15, 0.2) is 35.0 Å². The summed E-state index contributed by atoms with van der Waals surface area (Å²) in [5.41, 5.74) is 2.48. The van der Waals surface area contributed by atoms with E-state index in [1.165, 1.54) is 5.56 Å². The van der Waals surface area contributed by atoms with Gasteiger partial charge in [-0.25, -0.2) is 0 Å². The molecule has 0 saturated heterocycles. The number of ether oxygens (including phenoxy) is 2. The Morgan fingerprint density at radius 3 is 2.65 bits per heavy atom. The molecule has 0 aliphatic heterocycles. The summed E-state index contributed by atoms with van der Waals surface area (Å²) in [7, 11) is 3.36. The summed E-state index contributed by atoms with van der Waals surface area (Å²) in [6.45, 7) is 3.03. The van der Waals surface area contributed by atoms with Crippen molar-refractivity contribution in [1.82, 2.24) is 5.32 Å². The molecule has 2 aromatic rings. The lowest BCUT2D eigenvalue weighted by Gasteiger charge is -2.21. The molecule has 108 valence electrons. The molecule has 3 nitrogen and oxygen atoms in total. The molecule has 0 aliphatic rings. The molecular weight excluding hydrogens is 270 g/mol. The number of hydrogen-bond acceptors (Lipinski definition) is 4. The van der Waals surface area contributed by atoms with Crippen LogP contribution in [0.3, 0.4) is 0 Å². The summed E-state index contributed by atoms with van der Waals surface area (Å²) < 4.78 is 10.9. The Hall–Kier alpha value is -1.52. The molecule has 2 rings (SSSR count). The van der Waals surface area contributed by atoms with Crippen LogP contribution in [0.25, 0.3) is 0 Å². The van der Waals surface area contributed by atoms with Crippen LogP contribution in [0.1, 0.15) is 24.1 Å². The van der Waals surface area contributed by atoms with Crippen molar-refractivity contribution in [2.45, 2.75) is 19.4 Å². The number of thiophene rings is 1. The smallest absolute Gasteiger partial charge is 0.165 e. The van der Waals surface area contributed by atoms with E-state index in [0.717, 1.165) is 30.0 Å². The SMILES string of the molecule is CCNC(Cc1ccsc1)c1cccc(OC)c1OC. The second-order valence-electron chi connectivity index (χ2n) is 4.53. The number of hydrogen-bond donors (Lipinski definition) is 1. The van der Waals surface area contributed by atoms with Crippen molar-refractivity contribution in [2.75, 3.05) is 20.8 Å². The van der Waals surface area contributed by atoms with Gasteiger partial charge in [0.15, 0.2) is 11.5 Å². The van der Waals surface area contributed by atoms with E-state index in [9.17, 15) is 0 Å². The summed E-state index contributed by atoms with van der Waals surface area (Å²) >= 11 is 1.73. The van der Waals surface area contributed by atoms with Crippen LogP contribution in [0, 0.1) is 0 Å². The van der Waals surface area contributed by atoms with Gasteiger partial charge in [0.1, 0.15) is 0 Å². The first-order valence-corrected chi connectivity index (χ1v) is 7.69. The highest BCUT2D eigenvalue weighted by atomic mass is 32.1. The molecule has 1 heterocycles. The average Bonchev–Trinajstić information content (AvgIpc) is 2.98. The van der Waals surface area contributed by atoms with Crippen molar-refractivity contribution in [3.05, 3.63) is 46.2 Å². The van der Waals surface area contributed by atoms with Crippen molar-refractivity contribution in [3.8, 4) is 11.5 Å². The molecule has 1 aromatic carbocycles. The van der Waals surface area contributed by atoms with Crippen LogP contribution in [-0.2, 0) is 6.42 Å². The number of benzene rings is 1. The molecule has 0 aliphatic carbocycles. The summed E-state index contributed by atoms with van der Waals surface area (Å²) in [6.07, 6.45) is 0.945. The van der Waals surface area contributed by atoms with Gasteiger partial charge in [0.25, 0.3) is 0 Å². The van der Waals surface area contributed by atoms with Crippen LogP contribution in [0.4, 0.5) is 0 Å². The monoisotopic (exact) mass is 291 g/mol. The average molecular weight is 291 g/mol. The fourth-order valence-electron chi connectivity index (χ4n) is 2.37. The van der Waals surface area contributed by atoms with E-state index < -0.39 is 0 Å². The first-order valence-electron chi connectivity index (χ1n) is 6.75.